The number of carbonyl (C=O) groups is 1. The van der Waals surface area contributed by atoms with E-state index in [1.165, 1.54) is 6.07 Å². The van der Waals surface area contributed by atoms with Gasteiger partial charge in [-0.15, -0.1) is 0 Å². The minimum atomic E-state index is -1.01. The fourth-order valence-electron chi connectivity index (χ4n) is 4.54. The highest BCUT2D eigenvalue weighted by atomic mass is 19.1. The lowest BCUT2D eigenvalue weighted by Gasteiger charge is -2.29. The van der Waals surface area contributed by atoms with Crippen LogP contribution in [0.4, 0.5) is 4.39 Å². The highest BCUT2D eigenvalue weighted by molar-refractivity contribution is 5.94. The summed E-state index contributed by atoms with van der Waals surface area (Å²) in [6.07, 6.45) is -0.825. The van der Waals surface area contributed by atoms with E-state index < -0.39 is 23.7 Å². The molecule has 0 amide bonds. The molecule has 0 spiro atoms. The number of hydrogen-bond acceptors (Lipinski definition) is 5. The van der Waals surface area contributed by atoms with Crippen molar-refractivity contribution in [2.75, 3.05) is 13.2 Å². The second kappa shape index (κ2) is 12.4. The molecule has 6 nitrogen and oxygen atoms in total. The van der Waals surface area contributed by atoms with Gasteiger partial charge < -0.3 is 26.0 Å². The molecular weight excluding hydrogens is 471 g/mol. The summed E-state index contributed by atoms with van der Waals surface area (Å²) in [6, 6.07) is 18.4. The minimum Gasteiger partial charge on any atom is -0.478 e. The maximum atomic E-state index is 14.1. The summed E-state index contributed by atoms with van der Waals surface area (Å²) in [5.41, 5.74) is 9.59. The van der Waals surface area contributed by atoms with Gasteiger partial charge in [0.25, 0.3) is 0 Å². The molecule has 0 aliphatic carbocycles. The number of aliphatic hydroxyl groups is 1. The van der Waals surface area contributed by atoms with Crippen molar-refractivity contribution in [2.45, 2.75) is 58.4 Å². The molecule has 0 aliphatic heterocycles. The summed E-state index contributed by atoms with van der Waals surface area (Å²) >= 11 is 0. The van der Waals surface area contributed by atoms with Gasteiger partial charge in [0.05, 0.1) is 24.4 Å². The SMILES string of the molecule is Cc1ccc(-c2ccccc2)c(C(C)OC[C@H](O)CNC(C)(C)Cc2ccc(CN)c(F)c2)c1C(=O)O. The molecule has 3 aromatic rings. The van der Waals surface area contributed by atoms with E-state index in [4.69, 9.17) is 10.5 Å². The van der Waals surface area contributed by atoms with Crippen LogP contribution in [0.1, 0.15) is 59.5 Å². The molecule has 0 bridgehead atoms. The lowest BCUT2D eigenvalue weighted by Crippen LogP contribution is -2.46. The van der Waals surface area contributed by atoms with Crippen molar-refractivity contribution in [2.24, 2.45) is 5.73 Å². The maximum Gasteiger partial charge on any atom is 0.336 e. The van der Waals surface area contributed by atoms with Crippen LogP contribution in [0.5, 0.6) is 0 Å². The van der Waals surface area contributed by atoms with Crippen LogP contribution >= 0.6 is 0 Å². The summed E-state index contributed by atoms with van der Waals surface area (Å²) in [5, 5.41) is 23.9. The predicted octanol–water partition coefficient (Wildman–Crippen LogP) is 5.01. The Hall–Kier alpha value is -3.10. The number of nitrogens with two attached hydrogens (primary N) is 1. The van der Waals surface area contributed by atoms with Crippen molar-refractivity contribution in [3.8, 4) is 11.1 Å². The van der Waals surface area contributed by atoms with E-state index in [0.717, 1.165) is 16.7 Å². The first kappa shape index (κ1) is 28.5. The van der Waals surface area contributed by atoms with Crippen molar-refractivity contribution in [1.29, 1.82) is 0 Å². The Balaban J connectivity index is 1.66. The standard InChI is InChI=1S/C30H37FN2O4/c1-19-10-13-25(22-8-6-5-7-9-22)28(27(19)29(35)36)20(2)37-18-24(34)17-33-30(3,4)15-21-11-12-23(16-32)26(31)14-21/h5-14,20,24,33-34H,15-18,32H2,1-4H3,(H,35,36)/t20?,24-/m1/s1. The average Bonchev–Trinajstić information content (AvgIpc) is 2.86. The summed E-state index contributed by atoms with van der Waals surface area (Å²) < 4.78 is 20.1. The van der Waals surface area contributed by atoms with Gasteiger partial charge in [0, 0.05) is 29.8 Å². The predicted molar refractivity (Wildman–Crippen MR) is 144 cm³/mol. The van der Waals surface area contributed by atoms with E-state index in [1.54, 1.807) is 26.0 Å². The second-order valence-electron chi connectivity index (χ2n) is 10.1. The molecule has 0 saturated carbocycles. The number of halogens is 1. The third kappa shape index (κ3) is 7.46. The number of carboxylic acid groups (broad SMARTS) is 1. The second-order valence-corrected chi connectivity index (χ2v) is 10.1. The van der Waals surface area contributed by atoms with Crippen LogP contribution in [0, 0.1) is 12.7 Å². The van der Waals surface area contributed by atoms with Crippen LogP contribution in [0.2, 0.25) is 0 Å². The Morgan fingerprint density at radius 2 is 1.84 bits per heavy atom. The first-order valence-electron chi connectivity index (χ1n) is 12.5. The fraction of sp³-hybridized carbons (Fsp3) is 0.367. The van der Waals surface area contributed by atoms with Gasteiger partial charge in [-0.3, -0.25) is 0 Å². The Bertz CT molecular complexity index is 1210. The van der Waals surface area contributed by atoms with Crippen molar-refractivity contribution < 1.29 is 24.1 Å². The average molecular weight is 509 g/mol. The Kier molecular flexibility index (Phi) is 9.56. The molecule has 37 heavy (non-hydrogen) atoms. The lowest BCUT2D eigenvalue weighted by atomic mass is 9.89. The van der Waals surface area contributed by atoms with Crippen LogP contribution in [0.15, 0.2) is 60.7 Å². The summed E-state index contributed by atoms with van der Waals surface area (Å²) in [7, 11) is 0. The first-order chi connectivity index (χ1) is 17.5. The number of aryl methyl sites for hydroxylation is 1. The Morgan fingerprint density at radius 1 is 1.14 bits per heavy atom. The lowest BCUT2D eigenvalue weighted by molar-refractivity contribution is -0.00445. The van der Waals surface area contributed by atoms with Crippen LogP contribution in [0.3, 0.4) is 0 Å². The zero-order valence-corrected chi connectivity index (χ0v) is 21.9. The first-order valence-corrected chi connectivity index (χ1v) is 12.5. The Morgan fingerprint density at radius 3 is 2.46 bits per heavy atom. The van der Waals surface area contributed by atoms with E-state index in [0.29, 0.717) is 23.1 Å². The van der Waals surface area contributed by atoms with Gasteiger partial charge in [-0.1, -0.05) is 54.6 Å². The highest BCUT2D eigenvalue weighted by Crippen LogP contribution is 2.34. The third-order valence-corrected chi connectivity index (χ3v) is 6.50. The van der Waals surface area contributed by atoms with Crippen molar-refractivity contribution in [3.63, 3.8) is 0 Å². The van der Waals surface area contributed by atoms with Crippen LogP contribution in [-0.4, -0.2) is 41.0 Å². The van der Waals surface area contributed by atoms with Crippen molar-refractivity contribution >= 4 is 5.97 Å². The topological polar surface area (TPSA) is 105 Å². The van der Waals surface area contributed by atoms with Gasteiger partial charge in [0.2, 0.25) is 0 Å². The van der Waals surface area contributed by atoms with Gasteiger partial charge in [-0.25, -0.2) is 9.18 Å². The van der Waals surface area contributed by atoms with Gasteiger partial charge in [0.1, 0.15) is 5.82 Å². The summed E-state index contributed by atoms with van der Waals surface area (Å²) in [6.45, 7) is 7.97. The summed E-state index contributed by atoms with van der Waals surface area (Å²) in [5.74, 6) is -1.33. The monoisotopic (exact) mass is 508 g/mol. The third-order valence-electron chi connectivity index (χ3n) is 6.50. The molecule has 1 unspecified atom stereocenters. The highest BCUT2D eigenvalue weighted by Gasteiger charge is 2.25. The summed E-state index contributed by atoms with van der Waals surface area (Å²) in [4.78, 5) is 12.1. The molecule has 3 aromatic carbocycles. The zero-order valence-electron chi connectivity index (χ0n) is 21.9. The number of aliphatic hydroxyl groups excluding tert-OH is 1. The molecule has 0 heterocycles. The number of aromatic carboxylic acids is 1. The zero-order chi connectivity index (χ0) is 27.2. The van der Waals surface area contributed by atoms with Gasteiger partial charge >= 0.3 is 5.97 Å². The molecule has 198 valence electrons. The number of ether oxygens (including phenoxy) is 1. The van der Waals surface area contributed by atoms with E-state index in [-0.39, 0.29) is 31.1 Å². The molecule has 0 fully saturated rings. The van der Waals surface area contributed by atoms with Crippen molar-refractivity contribution in [3.05, 3.63) is 94.3 Å². The van der Waals surface area contributed by atoms with Crippen LogP contribution < -0.4 is 11.1 Å². The normalized spacial score (nSPS) is 13.4. The molecule has 7 heteroatoms. The smallest absolute Gasteiger partial charge is 0.336 e. The van der Waals surface area contributed by atoms with Crippen LogP contribution in [0.25, 0.3) is 11.1 Å². The number of benzene rings is 3. The molecule has 5 N–H and O–H groups in total. The number of β-amino-alcohol motifs (C(OH)–C–C–N with tert-alkyl or cyclic N) is 1. The molecule has 0 radical (unpaired) electrons. The molecule has 0 saturated heterocycles. The molecule has 0 aromatic heterocycles. The number of carboxylic acids is 1. The van der Waals surface area contributed by atoms with E-state index in [9.17, 15) is 19.4 Å². The van der Waals surface area contributed by atoms with Gasteiger partial charge in [-0.2, -0.15) is 0 Å². The van der Waals surface area contributed by atoms with Gasteiger partial charge in [-0.05, 0) is 62.4 Å². The minimum absolute atomic E-state index is 0.0191. The molecule has 3 rings (SSSR count). The number of nitrogens with one attached hydrogen (secondary N) is 1. The van der Waals surface area contributed by atoms with Crippen molar-refractivity contribution in [1.82, 2.24) is 5.32 Å². The van der Waals surface area contributed by atoms with Crippen LogP contribution in [-0.2, 0) is 17.7 Å². The van der Waals surface area contributed by atoms with E-state index in [2.05, 4.69) is 5.32 Å². The molecule has 0 aliphatic rings. The van der Waals surface area contributed by atoms with Gasteiger partial charge in [0.15, 0.2) is 0 Å². The molecular formula is C30H37FN2O4. The quantitative estimate of drug-likeness (QED) is 0.274. The number of hydrogen-bond donors (Lipinski definition) is 4. The Labute approximate surface area is 218 Å². The largest absolute Gasteiger partial charge is 0.478 e. The number of rotatable bonds is 12. The van der Waals surface area contributed by atoms with E-state index in [1.807, 2.05) is 56.3 Å². The van der Waals surface area contributed by atoms with E-state index >= 15 is 0 Å². The maximum absolute atomic E-state index is 14.1. The molecule has 2 atom stereocenters. The fourth-order valence-corrected chi connectivity index (χ4v) is 4.54.